The summed E-state index contributed by atoms with van der Waals surface area (Å²) in [7, 11) is 1.24. The molecule has 0 radical (unpaired) electrons. The third kappa shape index (κ3) is 4.92. The Bertz CT molecular complexity index is 1060. The average Bonchev–Trinajstić information content (AvgIpc) is 3.45. The van der Waals surface area contributed by atoms with Gasteiger partial charge in [0.1, 0.15) is 11.9 Å². The molecule has 11 nitrogen and oxygen atoms in total. The molecule has 1 aromatic carbocycles. The van der Waals surface area contributed by atoms with E-state index >= 15 is 0 Å². The van der Waals surface area contributed by atoms with Crippen LogP contribution in [0.1, 0.15) is 0 Å². The number of piperazine rings is 1. The predicted molar refractivity (Wildman–Crippen MR) is 120 cm³/mol. The summed E-state index contributed by atoms with van der Waals surface area (Å²) in [6.45, 7) is 2.57. The Hall–Kier alpha value is -3.61. The van der Waals surface area contributed by atoms with Crippen LogP contribution < -0.4 is 20.0 Å². The molecule has 0 unspecified atom stereocenters. The minimum absolute atomic E-state index is 0.0904. The van der Waals surface area contributed by atoms with E-state index in [9.17, 15) is 24.1 Å². The lowest BCUT2D eigenvalue weighted by atomic mass is 10.2. The Kier molecular flexibility index (Phi) is 6.49. The van der Waals surface area contributed by atoms with Crippen molar-refractivity contribution in [3.63, 3.8) is 0 Å². The molecule has 2 aliphatic rings. The SMILES string of the molecule is COC(=O)NC[C@H]1CN(c2ccc(N3CCN(c4ccc([N+](=O)[O-])s4)CC3)c(F)c2)C(=O)O1. The molecule has 0 saturated carbocycles. The van der Waals surface area contributed by atoms with Crippen LogP contribution in [0.15, 0.2) is 30.3 Å². The number of carbonyl (C=O) groups excluding carboxylic acids is 2. The number of benzene rings is 1. The number of nitrogens with one attached hydrogen (secondary N) is 1. The van der Waals surface area contributed by atoms with E-state index in [2.05, 4.69) is 10.1 Å². The molecule has 33 heavy (non-hydrogen) atoms. The number of carbonyl (C=O) groups is 2. The highest BCUT2D eigenvalue weighted by molar-refractivity contribution is 7.19. The molecule has 4 rings (SSSR count). The van der Waals surface area contributed by atoms with E-state index in [1.165, 1.54) is 24.1 Å². The van der Waals surface area contributed by atoms with Crippen molar-refractivity contribution in [2.24, 2.45) is 0 Å². The molecule has 2 saturated heterocycles. The fourth-order valence-electron chi connectivity index (χ4n) is 3.78. The van der Waals surface area contributed by atoms with E-state index in [1.54, 1.807) is 18.2 Å². The number of halogens is 1. The van der Waals surface area contributed by atoms with Crippen LogP contribution in [0.25, 0.3) is 0 Å². The van der Waals surface area contributed by atoms with Gasteiger partial charge in [0, 0.05) is 32.2 Å². The van der Waals surface area contributed by atoms with Crippen LogP contribution in [-0.4, -0.2) is 69.6 Å². The maximum absolute atomic E-state index is 14.9. The first-order valence-corrected chi connectivity index (χ1v) is 11.0. The Labute approximate surface area is 192 Å². The van der Waals surface area contributed by atoms with Gasteiger partial charge in [0.25, 0.3) is 0 Å². The maximum atomic E-state index is 14.9. The minimum atomic E-state index is -0.628. The zero-order valence-corrected chi connectivity index (χ0v) is 18.5. The first-order chi connectivity index (χ1) is 15.9. The smallest absolute Gasteiger partial charge is 0.414 e. The van der Waals surface area contributed by atoms with E-state index in [0.717, 1.165) is 16.3 Å². The minimum Gasteiger partial charge on any atom is -0.453 e. The molecule has 0 bridgehead atoms. The van der Waals surface area contributed by atoms with Gasteiger partial charge < -0.3 is 24.6 Å². The number of nitrogens with zero attached hydrogens (tertiary/aromatic N) is 4. The number of hydrogen-bond donors (Lipinski definition) is 1. The quantitative estimate of drug-likeness (QED) is 0.497. The van der Waals surface area contributed by atoms with Crippen molar-refractivity contribution in [1.82, 2.24) is 5.32 Å². The van der Waals surface area contributed by atoms with Crippen molar-refractivity contribution in [1.29, 1.82) is 0 Å². The highest BCUT2D eigenvalue weighted by Crippen LogP contribution is 2.33. The van der Waals surface area contributed by atoms with Crippen LogP contribution in [0.2, 0.25) is 0 Å². The van der Waals surface area contributed by atoms with E-state index < -0.39 is 29.0 Å². The van der Waals surface area contributed by atoms with Gasteiger partial charge in [-0.1, -0.05) is 0 Å². The molecular weight excluding hydrogens is 457 g/mol. The van der Waals surface area contributed by atoms with Gasteiger partial charge in [-0.05, 0) is 35.6 Å². The normalized spacial score (nSPS) is 18.3. The molecule has 2 fully saturated rings. The summed E-state index contributed by atoms with van der Waals surface area (Å²) in [5.41, 5.74) is 0.790. The molecule has 2 aliphatic heterocycles. The van der Waals surface area contributed by atoms with Gasteiger partial charge in [-0.2, -0.15) is 0 Å². The number of anilines is 3. The molecule has 2 amide bonds. The molecule has 0 aliphatic carbocycles. The fourth-order valence-corrected chi connectivity index (χ4v) is 4.65. The first-order valence-electron chi connectivity index (χ1n) is 10.2. The summed E-state index contributed by atoms with van der Waals surface area (Å²) in [6, 6.07) is 7.80. The third-order valence-corrected chi connectivity index (χ3v) is 6.56. The van der Waals surface area contributed by atoms with E-state index in [0.29, 0.717) is 37.6 Å². The van der Waals surface area contributed by atoms with Crippen LogP contribution in [-0.2, 0) is 9.47 Å². The summed E-state index contributed by atoms with van der Waals surface area (Å²) in [5, 5.41) is 14.3. The highest BCUT2D eigenvalue weighted by Gasteiger charge is 2.33. The summed E-state index contributed by atoms with van der Waals surface area (Å²) in [4.78, 5) is 39.1. The van der Waals surface area contributed by atoms with Gasteiger partial charge in [0.05, 0.1) is 41.5 Å². The second-order valence-corrected chi connectivity index (χ2v) is 8.51. The van der Waals surface area contributed by atoms with E-state index in [1.807, 2.05) is 9.80 Å². The van der Waals surface area contributed by atoms with Crippen molar-refractivity contribution in [2.45, 2.75) is 6.10 Å². The second kappa shape index (κ2) is 9.48. The van der Waals surface area contributed by atoms with Crippen molar-refractivity contribution >= 4 is 44.9 Å². The monoisotopic (exact) mass is 479 g/mol. The standard InChI is InChI=1S/C20H22FN5O6S/c1-31-19(27)22-11-14-12-25(20(28)32-14)13-2-3-16(15(21)10-13)23-6-8-24(9-7-23)17-4-5-18(33-17)26(29)30/h2-5,10,14H,6-9,11-12H2,1H3,(H,22,27)/t14-/m0/s1. The van der Waals surface area contributed by atoms with Crippen molar-refractivity contribution in [3.05, 3.63) is 46.3 Å². The lowest BCUT2D eigenvalue weighted by Gasteiger charge is -2.36. The topological polar surface area (TPSA) is 117 Å². The fraction of sp³-hybridized carbons (Fsp3) is 0.400. The van der Waals surface area contributed by atoms with Crippen LogP contribution in [0.4, 0.5) is 35.4 Å². The van der Waals surface area contributed by atoms with Crippen molar-refractivity contribution in [3.8, 4) is 0 Å². The molecule has 1 atom stereocenters. The average molecular weight is 479 g/mol. The molecule has 1 aromatic heterocycles. The summed E-state index contributed by atoms with van der Waals surface area (Å²) < 4.78 is 24.7. The van der Waals surface area contributed by atoms with Crippen LogP contribution >= 0.6 is 11.3 Å². The number of ether oxygens (including phenoxy) is 2. The van der Waals surface area contributed by atoms with Gasteiger partial charge in [0.15, 0.2) is 0 Å². The molecular formula is C20H22FN5O6S. The molecule has 13 heteroatoms. The number of rotatable bonds is 6. The Morgan fingerprint density at radius 3 is 2.64 bits per heavy atom. The molecule has 1 N–H and O–H groups in total. The molecule has 0 spiro atoms. The van der Waals surface area contributed by atoms with Gasteiger partial charge in [-0.3, -0.25) is 15.0 Å². The highest BCUT2D eigenvalue weighted by atomic mass is 32.1. The number of methoxy groups -OCH3 is 1. The van der Waals surface area contributed by atoms with Gasteiger partial charge in [0.2, 0.25) is 0 Å². The Balaban J connectivity index is 1.36. The van der Waals surface area contributed by atoms with Crippen LogP contribution in [0.5, 0.6) is 0 Å². The number of thiophene rings is 1. The lowest BCUT2D eigenvalue weighted by Crippen LogP contribution is -2.46. The zero-order valence-electron chi connectivity index (χ0n) is 17.7. The largest absolute Gasteiger partial charge is 0.453 e. The van der Waals surface area contributed by atoms with Gasteiger partial charge >= 0.3 is 17.2 Å². The number of cyclic esters (lactones) is 1. The van der Waals surface area contributed by atoms with E-state index in [-0.39, 0.29) is 18.1 Å². The Morgan fingerprint density at radius 2 is 2.00 bits per heavy atom. The lowest BCUT2D eigenvalue weighted by molar-refractivity contribution is -0.380. The van der Waals surface area contributed by atoms with Crippen molar-refractivity contribution < 1.29 is 28.4 Å². The summed E-state index contributed by atoms with van der Waals surface area (Å²) >= 11 is 1.13. The first kappa shape index (κ1) is 22.6. The molecule has 3 heterocycles. The summed E-state index contributed by atoms with van der Waals surface area (Å²) in [6.07, 6.45) is -1.81. The van der Waals surface area contributed by atoms with E-state index in [4.69, 9.17) is 4.74 Å². The number of nitro groups is 1. The third-order valence-electron chi connectivity index (χ3n) is 5.47. The Morgan fingerprint density at radius 1 is 1.27 bits per heavy atom. The number of amides is 2. The number of alkyl carbamates (subject to hydrolysis) is 1. The van der Waals surface area contributed by atoms with Crippen LogP contribution in [0, 0.1) is 15.9 Å². The van der Waals surface area contributed by atoms with Gasteiger partial charge in [-0.15, -0.1) is 0 Å². The second-order valence-electron chi connectivity index (χ2n) is 7.47. The van der Waals surface area contributed by atoms with Gasteiger partial charge in [-0.25, -0.2) is 14.0 Å². The summed E-state index contributed by atoms with van der Waals surface area (Å²) in [5.74, 6) is -0.461. The molecule has 176 valence electrons. The molecule has 2 aromatic rings. The van der Waals surface area contributed by atoms with Crippen molar-refractivity contribution in [2.75, 3.05) is 61.1 Å². The maximum Gasteiger partial charge on any atom is 0.414 e. The van der Waals surface area contributed by atoms with Crippen LogP contribution in [0.3, 0.4) is 0 Å². The number of hydrogen-bond acceptors (Lipinski definition) is 9. The predicted octanol–water partition coefficient (Wildman–Crippen LogP) is 2.80. The zero-order chi connectivity index (χ0) is 23.5.